The smallest absolute Gasteiger partial charge is 0.00945 e. The highest BCUT2D eigenvalue weighted by Gasteiger charge is 2.06. The molecule has 2 aromatic carbocycles. The summed E-state index contributed by atoms with van der Waals surface area (Å²) in [7, 11) is 0. The summed E-state index contributed by atoms with van der Waals surface area (Å²) in [6.45, 7) is 7.96. The van der Waals surface area contributed by atoms with E-state index in [9.17, 15) is 0 Å². The van der Waals surface area contributed by atoms with Crippen LogP contribution in [0.25, 0.3) is 29.0 Å². The molecular formula is C19H18. The fourth-order valence-electron chi connectivity index (χ4n) is 2.29. The maximum atomic E-state index is 3.95. The zero-order valence-electron chi connectivity index (χ0n) is 11.5. The van der Waals surface area contributed by atoms with Gasteiger partial charge in [0.25, 0.3) is 0 Å². The molecule has 0 saturated carbocycles. The van der Waals surface area contributed by atoms with Gasteiger partial charge in [0.15, 0.2) is 0 Å². The van der Waals surface area contributed by atoms with Gasteiger partial charge in [0.2, 0.25) is 0 Å². The van der Waals surface area contributed by atoms with Crippen LogP contribution < -0.4 is 0 Å². The molecule has 0 amide bonds. The SMILES string of the molecule is C=Cc1c(/C=C\C)cc(C=C=CC)c2ccccc12. The van der Waals surface area contributed by atoms with Crippen molar-refractivity contribution in [2.75, 3.05) is 0 Å². The minimum atomic E-state index is 1.19. The quantitative estimate of drug-likeness (QED) is 0.609. The van der Waals surface area contributed by atoms with E-state index in [4.69, 9.17) is 0 Å². The van der Waals surface area contributed by atoms with Gasteiger partial charge in [-0.05, 0) is 59.5 Å². The molecule has 0 saturated heterocycles. The van der Waals surface area contributed by atoms with E-state index in [1.807, 2.05) is 32.1 Å². The number of rotatable bonds is 3. The molecule has 0 spiro atoms. The molecule has 0 atom stereocenters. The molecule has 0 aliphatic heterocycles. The Hall–Kier alpha value is -2.30. The van der Waals surface area contributed by atoms with Crippen molar-refractivity contribution in [2.45, 2.75) is 13.8 Å². The lowest BCUT2D eigenvalue weighted by atomic mass is 9.94. The Balaban J connectivity index is 2.89. The van der Waals surface area contributed by atoms with Crippen molar-refractivity contribution in [3.63, 3.8) is 0 Å². The van der Waals surface area contributed by atoms with E-state index in [1.165, 1.54) is 27.5 Å². The van der Waals surface area contributed by atoms with Gasteiger partial charge in [-0.3, -0.25) is 0 Å². The van der Waals surface area contributed by atoms with Gasteiger partial charge in [0.1, 0.15) is 0 Å². The Morgan fingerprint density at radius 2 is 1.79 bits per heavy atom. The van der Waals surface area contributed by atoms with Crippen molar-refractivity contribution in [3.05, 3.63) is 71.5 Å². The number of hydrogen-bond acceptors (Lipinski definition) is 0. The summed E-state index contributed by atoms with van der Waals surface area (Å²) in [4.78, 5) is 0. The molecule has 0 unspecified atom stereocenters. The van der Waals surface area contributed by atoms with E-state index in [-0.39, 0.29) is 0 Å². The Kier molecular flexibility index (Phi) is 4.18. The molecule has 0 aliphatic carbocycles. The Bertz CT molecular complexity index is 693. The van der Waals surface area contributed by atoms with Crippen LogP contribution in [0.3, 0.4) is 0 Å². The summed E-state index contributed by atoms with van der Waals surface area (Å²) in [5, 5.41) is 2.47. The Morgan fingerprint density at radius 1 is 1.05 bits per heavy atom. The third-order valence-corrected chi connectivity index (χ3v) is 3.11. The molecule has 94 valence electrons. The van der Waals surface area contributed by atoms with Crippen molar-refractivity contribution in [1.82, 2.24) is 0 Å². The van der Waals surface area contributed by atoms with Crippen LogP contribution in [-0.2, 0) is 0 Å². The van der Waals surface area contributed by atoms with Crippen LogP contribution in [-0.4, -0.2) is 0 Å². The summed E-state index contributed by atoms with van der Waals surface area (Å²) >= 11 is 0. The number of allylic oxidation sites excluding steroid dienone is 2. The van der Waals surface area contributed by atoms with E-state index in [2.05, 4.69) is 54.8 Å². The topological polar surface area (TPSA) is 0 Å². The van der Waals surface area contributed by atoms with E-state index in [0.29, 0.717) is 0 Å². The number of fused-ring (bicyclic) bond motifs is 1. The van der Waals surface area contributed by atoms with Crippen LogP contribution >= 0.6 is 0 Å². The maximum Gasteiger partial charge on any atom is -0.00945 e. The Labute approximate surface area is 115 Å². The summed E-state index contributed by atoms with van der Waals surface area (Å²) in [5.41, 5.74) is 6.73. The Morgan fingerprint density at radius 3 is 2.42 bits per heavy atom. The van der Waals surface area contributed by atoms with Crippen molar-refractivity contribution in [2.24, 2.45) is 0 Å². The first kappa shape index (κ1) is 13.1. The van der Waals surface area contributed by atoms with Crippen molar-refractivity contribution in [1.29, 1.82) is 0 Å². The molecule has 0 nitrogen and oxygen atoms in total. The van der Waals surface area contributed by atoms with Gasteiger partial charge in [-0.2, -0.15) is 0 Å². The summed E-state index contributed by atoms with van der Waals surface area (Å²) in [6.07, 6.45) is 10.1. The number of hydrogen-bond donors (Lipinski definition) is 0. The van der Waals surface area contributed by atoms with Gasteiger partial charge in [-0.15, -0.1) is 5.73 Å². The normalized spacial score (nSPS) is 10.4. The van der Waals surface area contributed by atoms with Crippen LogP contribution in [0.4, 0.5) is 0 Å². The minimum absolute atomic E-state index is 1.19. The van der Waals surface area contributed by atoms with Gasteiger partial charge >= 0.3 is 0 Å². The van der Waals surface area contributed by atoms with Crippen LogP contribution in [0, 0.1) is 0 Å². The lowest BCUT2D eigenvalue weighted by Crippen LogP contribution is -1.88. The lowest BCUT2D eigenvalue weighted by molar-refractivity contribution is 1.63. The second-order valence-electron chi connectivity index (χ2n) is 4.32. The molecule has 2 aromatic rings. The zero-order chi connectivity index (χ0) is 13.7. The molecule has 2 rings (SSSR count). The first-order valence-corrected chi connectivity index (χ1v) is 6.49. The molecule has 0 radical (unpaired) electrons. The minimum Gasteiger partial charge on any atom is -0.125 e. The van der Waals surface area contributed by atoms with Crippen LogP contribution in [0.15, 0.2) is 54.8 Å². The molecule has 19 heavy (non-hydrogen) atoms. The molecule has 0 heteroatoms. The van der Waals surface area contributed by atoms with Crippen molar-refractivity contribution < 1.29 is 0 Å². The monoisotopic (exact) mass is 246 g/mol. The van der Waals surface area contributed by atoms with Gasteiger partial charge < -0.3 is 0 Å². The second-order valence-corrected chi connectivity index (χ2v) is 4.32. The van der Waals surface area contributed by atoms with Crippen molar-refractivity contribution >= 4 is 29.0 Å². The van der Waals surface area contributed by atoms with Gasteiger partial charge in [-0.1, -0.05) is 49.1 Å². The summed E-state index contributed by atoms with van der Waals surface area (Å²) in [5.74, 6) is 0. The predicted octanol–water partition coefficient (Wildman–Crippen LogP) is 5.70. The molecular weight excluding hydrogens is 228 g/mol. The molecule has 0 heterocycles. The standard InChI is InChI=1S/C19H18/c1-4-7-11-16-14-15(10-5-2)17(6-3)19-13-9-8-12-18(16)19/h4-6,8-14H,3H2,1-2H3/b10-5-. The molecule has 0 bridgehead atoms. The highest BCUT2D eigenvalue weighted by atomic mass is 14.1. The first-order chi connectivity index (χ1) is 9.31. The predicted molar refractivity (Wildman–Crippen MR) is 87.0 cm³/mol. The molecule has 0 N–H and O–H groups in total. The summed E-state index contributed by atoms with van der Waals surface area (Å²) in [6, 6.07) is 10.6. The second kappa shape index (κ2) is 6.04. The molecule has 0 fully saturated rings. The number of benzene rings is 2. The largest absolute Gasteiger partial charge is 0.125 e. The average Bonchev–Trinajstić information content (AvgIpc) is 2.45. The lowest BCUT2D eigenvalue weighted by Gasteiger charge is -2.10. The van der Waals surface area contributed by atoms with Gasteiger partial charge in [-0.25, -0.2) is 0 Å². The van der Waals surface area contributed by atoms with Gasteiger partial charge in [0.05, 0.1) is 0 Å². The maximum absolute atomic E-state index is 3.95. The van der Waals surface area contributed by atoms with E-state index < -0.39 is 0 Å². The van der Waals surface area contributed by atoms with E-state index in [0.717, 1.165) is 0 Å². The highest BCUT2D eigenvalue weighted by molar-refractivity contribution is 5.99. The fraction of sp³-hybridized carbons (Fsp3) is 0.105. The van der Waals surface area contributed by atoms with Crippen LogP contribution in [0.1, 0.15) is 30.5 Å². The van der Waals surface area contributed by atoms with Gasteiger partial charge in [0, 0.05) is 0 Å². The molecule has 0 aromatic heterocycles. The third-order valence-electron chi connectivity index (χ3n) is 3.11. The third kappa shape index (κ3) is 2.59. The first-order valence-electron chi connectivity index (χ1n) is 6.49. The average molecular weight is 246 g/mol. The van der Waals surface area contributed by atoms with Crippen molar-refractivity contribution in [3.8, 4) is 0 Å². The summed E-state index contributed by atoms with van der Waals surface area (Å²) < 4.78 is 0. The zero-order valence-corrected chi connectivity index (χ0v) is 11.5. The van der Waals surface area contributed by atoms with Crippen LogP contribution in [0.5, 0.6) is 0 Å². The fourth-order valence-corrected chi connectivity index (χ4v) is 2.29. The molecule has 0 aliphatic rings. The van der Waals surface area contributed by atoms with E-state index >= 15 is 0 Å². The van der Waals surface area contributed by atoms with E-state index in [1.54, 1.807) is 0 Å². The van der Waals surface area contributed by atoms with Crippen LogP contribution in [0.2, 0.25) is 0 Å². The highest BCUT2D eigenvalue weighted by Crippen LogP contribution is 2.29.